The lowest BCUT2D eigenvalue weighted by molar-refractivity contribution is 0.0596. The van der Waals surface area contributed by atoms with Crippen LogP contribution in [-0.4, -0.2) is 48.3 Å². The van der Waals surface area contributed by atoms with Crippen LogP contribution in [0.5, 0.6) is 0 Å². The molecule has 0 bridgehead atoms. The number of pyridine rings is 1. The van der Waals surface area contributed by atoms with Crippen molar-refractivity contribution >= 4 is 5.97 Å². The Morgan fingerprint density at radius 3 is 2.44 bits per heavy atom. The number of aliphatic hydroxyl groups is 1. The Hall–Kier alpha value is -2.44. The van der Waals surface area contributed by atoms with E-state index < -0.39 is 17.6 Å². The standard InChI is InChI=1S/C21H26N2O4/c1-13-17(18(24)12-22(2)3)11-23(20(25)19(13)21(26)27-4)16-9-7-15(8-10-16)14-5-6-14/h7-11,14,18,24H,5-6,12H2,1-4H3. The van der Waals surface area contributed by atoms with Gasteiger partial charge in [0.15, 0.2) is 0 Å². The third kappa shape index (κ3) is 3.96. The van der Waals surface area contributed by atoms with Gasteiger partial charge in [-0.1, -0.05) is 12.1 Å². The highest BCUT2D eigenvalue weighted by molar-refractivity contribution is 5.91. The number of nitrogens with zero attached hydrogens (tertiary/aromatic N) is 2. The van der Waals surface area contributed by atoms with Gasteiger partial charge in [0.05, 0.1) is 13.2 Å². The average molecular weight is 370 g/mol. The second kappa shape index (κ2) is 7.66. The SMILES string of the molecule is COC(=O)c1c(C)c(C(O)CN(C)C)cn(-c2ccc(C3CC3)cc2)c1=O. The number of likely N-dealkylation sites (N-methyl/N-ethyl adjacent to an activating group) is 1. The van der Waals surface area contributed by atoms with Gasteiger partial charge in [0.1, 0.15) is 5.56 Å². The van der Waals surface area contributed by atoms with Crippen LogP contribution in [-0.2, 0) is 4.74 Å². The summed E-state index contributed by atoms with van der Waals surface area (Å²) in [5.41, 5.74) is 2.42. The molecule has 0 radical (unpaired) electrons. The van der Waals surface area contributed by atoms with Crippen molar-refractivity contribution in [2.45, 2.75) is 31.8 Å². The van der Waals surface area contributed by atoms with Gasteiger partial charge in [-0.2, -0.15) is 0 Å². The minimum absolute atomic E-state index is 0.0425. The van der Waals surface area contributed by atoms with E-state index in [1.807, 2.05) is 43.3 Å². The first kappa shape index (κ1) is 19.3. The van der Waals surface area contributed by atoms with Crippen molar-refractivity contribution in [1.82, 2.24) is 9.47 Å². The van der Waals surface area contributed by atoms with E-state index in [-0.39, 0.29) is 5.56 Å². The van der Waals surface area contributed by atoms with Crippen molar-refractivity contribution in [3.63, 3.8) is 0 Å². The van der Waals surface area contributed by atoms with Crippen molar-refractivity contribution < 1.29 is 14.6 Å². The van der Waals surface area contributed by atoms with Crippen LogP contribution >= 0.6 is 0 Å². The molecular formula is C21H26N2O4. The van der Waals surface area contributed by atoms with Gasteiger partial charge in [0.25, 0.3) is 5.56 Å². The molecule has 0 spiro atoms. The van der Waals surface area contributed by atoms with Crippen molar-refractivity contribution in [3.8, 4) is 5.69 Å². The molecule has 1 aromatic heterocycles. The molecule has 144 valence electrons. The Kier molecular flexibility index (Phi) is 5.48. The number of methoxy groups -OCH3 is 1. The van der Waals surface area contributed by atoms with Gasteiger partial charge < -0.3 is 14.7 Å². The molecule has 6 nitrogen and oxygen atoms in total. The average Bonchev–Trinajstić information content (AvgIpc) is 3.46. The van der Waals surface area contributed by atoms with Gasteiger partial charge in [-0.3, -0.25) is 9.36 Å². The van der Waals surface area contributed by atoms with E-state index in [1.54, 1.807) is 13.1 Å². The number of carbonyl (C=O) groups excluding carboxylic acids is 1. The molecule has 3 rings (SSSR count). The largest absolute Gasteiger partial charge is 0.465 e. The predicted molar refractivity (Wildman–Crippen MR) is 104 cm³/mol. The molecule has 1 saturated carbocycles. The summed E-state index contributed by atoms with van der Waals surface area (Å²) >= 11 is 0. The van der Waals surface area contributed by atoms with Crippen molar-refractivity contribution in [3.05, 3.63) is 63.1 Å². The molecule has 0 aliphatic heterocycles. The van der Waals surface area contributed by atoms with E-state index in [4.69, 9.17) is 4.74 Å². The third-order valence-corrected chi connectivity index (χ3v) is 5.02. The van der Waals surface area contributed by atoms with Gasteiger partial charge in [-0.25, -0.2) is 4.79 Å². The summed E-state index contributed by atoms with van der Waals surface area (Å²) < 4.78 is 6.24. The zero-order valence-corrected chi connectivity index (χ0v) is 16.2. The van der Waals surface area contributed by atoms with Gasteiger partial charge >= 0.3 is 5.97 Å². The van der Waals surface area contributed by atoms with Gasteiger partial charge in [0.2, 0.25) is 0 Å². The maximum Gasteiger partial charge on any atom is 0.343 e. The monoisotopic (exact) mass is 370 g/mol. The summed E-state index contributed by atoms with van der Waals surface area (Å²) in [6, 6.07) is 7.81. The van der Waals surface area contributed by atoms with Crippen LogP contribution < -0.4 is 5.56 Å². The maximum atomic E-state index is 13.0. The summed E-state index contributed by atoms with van der Waals surface area (Å²) in [6.45, 7) is 2.04. The molecule has 1 aliphatic rings. The molecule has 1 heterocycles. The smallest absolute Gasteiger partial charge is 0.343 e. The minimum Gasteiger partial charge on any atom is -0.465 e. The fraction of sp³-hybridized carbons (Fsp3) is 0.429. The summed E-state index contributed by atoms with van der Waals surface area (Å²) in [4.78, 5) is 27.1. The lowest BCUT2D eigenvalue weighted by Crippen LogP contribution is -2.30. The molecule has 2 aromatic rings. The van der Waals surface area contributed by atoms with Gasteiger partial charge in [-0.15, -0.1) is 0 Å². The Balaban J connectivity index is 2.14. The Labute approximate surface area is 159 Å². The van der Waals surface area contributed by atoms with Gasteiger partial charge in [-0.05, 0) is 63.0 Å². The van der Waals surface area contributed by atoms with E-state index in [0.717, 1.165) is 0 Å². The van der Waals surface area contributed by atoms with E-state index in [1.165, 1.54) is 30.1 Å². The number of rotatable bonds is 6. The predicted octanol–water partition coefficient (Wildman–Crippen LogP) is 2.40. The molecule has 6 heteroatoms. The Morgan fingerprint density at radius 1 is 1.30 bits per heavy atom. The number of esters is 1. The van der Waals surface area contributed by atoms with Crippen molar-refractivity contribution in [1.29, 1.82) is 0 Å². The highest BCUT2D eigenvalue weighted by atomic mass is 16.5. The highest BCUT2D eigenvalue weighted by Crippen LogP contribution is 2.40. The molecular weight excluding hydrogens is 344 g/mol. The number of aromatic nitrogens is 1. The lowest BCUT2D eigenvalue weighted by atomic mass is 10.00. The highest BCUT2D eigenvalue weighted by Gasteiger charge is 2.25. The summed E-state index contributed by atoms with van der Waals surface area (Å²) in [5, 5.41) is 10.6. The van der Waals surface area contributed by atoms with Crippen molar-refractivity contribution in [2.24, 2.45) is 0 Å². The van der Waals surface area contributed by atoms with Crippen LogP contribution in [0.15, 0.2) is 35.3 Å². The maximum absolute atomic E-state index is 13.0. The second-order valence-electron chi connectivity index (χ2n) is 7.40. The molecule has 1 atom stereocenters. The molecule has 1 aromatic carbocycles. The Bertz CT molecular complexity index is 896. The number of hydrogen-bond acceptors (Lipinski definition) is 5. The first-order chi connectivity index (χ1) is 12.8. The normalized spacial score (nSPS) is 15.0. The zero-order valence-electron chi connectivity index (χ0n) is 16.2. The van der Waals surface area contributed by atoms with Crippen LogP contribution in [0.1, 0.15) is 51.9 Å². The molecule has 0 amide bonds. The summed E-state index contributed by atoms with van der Waals surface area (Å²) in [7, 11) is 4.96. The van der Waals surface area contributed by atoms with E-state index >= 15 is 0 Å². The number of aliphatic hydroxyl groups excluding tert-OH is 1. The lowest BCUT2D eigenvalue weighted by Gasteiger charge is -2.21. The Morgan fingerprint density at radius 2 is 1.93 bits per heavy atom. The van der Waals surface area contributed by atoms with E-state index in [2.05, 4.69) is 0 Å². The van der Waals surface area contributed by atoms with E-state index in [9.17, 15) is 14.7 Å². The fourth-order valence-electron chi connectivity index (χ4n) is 3.36. The first-order valence-corrected chi connectivity index (χ1v) is 9.11. The molecule has 1 aliphatic carbocycles. The molecule has 1 unspecified atom stereocenters. The molecule has 27 heavy (non-hydrogen) atoms. The second-order valence-corrected chi connectivity index (χ2v) is 7.40. The number of benzene rings is 1. The summed E-state index contributed by atoms with van der Waals surface area (Å²) in [5.74, 6) is -0.0725. The number of carbonyl (C=O) groups is 1. The minimum atomic E-state index is -0.832. The van der Waals surface area contributed by atoms with E-state index in [0.29, 0.717) is 29.3 Å². The van der Waals surface area contributed by atoms with Gasteiger partial charge in [0, 0.05) is 24.0 Å². The van der Waals surface area contributed by atoms with Crippen LogP contribution in [0.2, 0.25) is 0 Å². The number of hydrogen-bond donors (Lipinski definition) is 1. The van der Waals surface area contributed by atoms with Crippen LogP contribution in [0.25, 0.3) is 5.69 Å². The fourth-order valence-corrected chi connectivity index (χ4v) is 3.36. The number of ether oxygens (including phenoxy) is 1. The van der Waals surface area contributed by atoms with Crippen LogP contribution in [0.4, 0.5) is 0 Å². The third-order valence-electron chi connectivity index (χ3n) is 5.02. The van der Waals surface area contributed by atoms with Crippen LogP contribution in [0.3, 0.4) is 0 Å². The molecule has 1 N–H and O–H groups in total. The molecule has 1 fully saturated rings. The topological polar surface area (TPSA) is 71.8 Å². The van der Waals surface area contributed by atoms with Crippen LogP contribution in [0, 0.1) is 6.92 Å². The molecule has 0 saturated heterocycles. The first-order valence-electron chi connectivity index (χ1n) is 9.11. The van der Waals surface area contributed by atoms with Crippen molar-refractivity contribution in [2.75, 3.05) is 27.7 Å². The quantitative estimate of drug-likeness (QED) is 0.791. The summed E-state index contributed by atoms with van der Waals surface area (Å²) in [6.07, 6.45) is 3.21. The zero-order chi connectivity index (χ0) is 19.7.